The second-order valence-corrected chi connectivity index (χ2v) is 7.50. The summed E-state index contributed by atoms with van der Waals surface area (Å²) in [6.45, 7) is 4.71. The molecule has 150 valence electrons. The van der Waals surface area contributed by atoms with Crippen LogP contribution in [0.15, 0.2) is 60.7 Å². The molecule has 2 N–H and O–H groups in total. The van der Waals surface area contributed by atoms with E-state index < -0.39 is 0 Å². The van der Waals surface area contributed by atoms with Crippen LogP contribution in [0.4, 0.5) is 17.2 Å². The molecule has 3 aromatic rings. The minimum atomic E-state index is -0.204. The molecular weight excluding hydrogens is 362 g/mol. The Hall–Kier alpha value is -3.41. The van der Waals surface area contributed by atoms with E-state index in [2.05, 4.69) is 34.4 Å². The second-order valence-electron chi connectivity index (χ2n) is 7.50. The Bertz CT molecular complexity index is 953. The molecule has 0 radical (unpaired) electrons. The van der Waals surface area contributed by atoms with E-state index in [4.69, 9.17) is 0 Å². The molecule has 0 aliphatic heterocycles. The van der Waals surface area contributed by atoms with Gasteiger partial charge in [-0.2, -0.15) is 0 Å². The summed E-state index contributed by atoms with van der Waals surface area (Å²) < 4.78 is 0. The van der Waals surface area contributed by atoms with Crippen molar-refractivity contribution in [3.63, 3.8) is 0 Å². The molecule has 1 amide bonds. The molecule has 29 heavy (non-hydrogen) atoms. The number of amides is 1. The molecule has 3 rings (SSSR count). The summed E-state index contributed by atoms with van der Waals surface area (Å²) in [5.74, 6) is 1.24. The van der Waals surface area contributed by atoms with E-state index in [0.717, 1.165) is 16.9 Å². The summed E-state index contributed by atoms with van der Waals surface area (Å²) in [4.78, 5) is 23.8. The Morgan fingerprint density at radius 2 is 1.69 bits per heavy atom. The number of carbonyl (C=O) groups is 1. The van der Waals surface area contributed by atoms with Gasteiger partial charge < -0.3 is 15.5 Å². The second kappa shape index (κ2) is 9.19. The Morgan fingerprint density at radius 1 is 1.00 bits per heavy atom. The quantitative estimate of drug-likeness (QED) is 0.629. The number of rotatable bonds is 7. The third-order valence-corrected chi connectivity index (χ3v) is 4.32. The number of aromatic nitrogens is 2. The van der Waals surface area contributed by atoms with Crippen LogP contribution in [0.2, 0.25) is 0 Å². The maximum Gasteiger partial charge on any atom is 0.270 e. The Labute approximate surface area is 172 Å². The van der Waals surface area contributed by atoms with Crippen molar-refractivity contribution in [3.8, 4) is 11.4 Å². The lowest BCUT2D eigenvalue weighted by Crippen LogP contribution is -2.28. The van der Waals surface area contributed by atoms with E-state index in [0.29, 0.717) is 29.8 Å². The number of carbonyl (C=O) groups excluding carboxylic acids is 1. The third-order valence-electron chi connectivity index (χ3n) is 4.32. The predicted molar refractivity (Wildman–Crippen MR) is 119 cm³/mol. The van der Waals surface area contributed by atoms with Crippen LogP contribution in [0.1, 0.15) is 24.3 Å². The first kappa shape index (κ1) is 20.3. The number of nitrogens with one attached hydrogen (secondary N) is 2. The van der Waals surface area contributed by atoms with Gasteiger partial charge in [-0.1, -0.05) is 44.2 Å². The van der Waals surface area contributed by atoms with E-state index in [1.54, 1.807) is 6.07 Å². The molecule has 1 heterocycles. The molecule has 0 atom stereocenters. The van der Waals surface area contributed by atoms with Crippen molar-refractivity contribution in [2.24, 2.45) is 5.92 Å². The molecule has 0 aliphatic rings. The van der Waals surface area contributed by atoms with Crippen LogP contribution < -0.4 is 15.5 Å². The Balaban J connectivity index is 1.92. The van der Waals surface area contributed by atoms with Gasteiger partial charge in [-0.3, -0.25) is 4.79 Å². The summed E-state index contributed by atoms with van der Waals surface area (Å²) in [6, 6.07) is 19.4. The van der Waals surface area contributed by atoms with Crippen LogP contribution in [0.3, 0.4) is 0 Å². The molecule has 0 saturated carbocycles. The molecule has 0 spiro atoms. The lowest BCUT2D eigenvalue weighted by molar-refractivity contribution is 0.0944. The zero-order valence-electron chi connectivity index (χ0n) is 17.3. The molecular formula is C23H27N5O. The maximum absolute atomic E-state index is 12.6. The summed E-state index contributed by atoms with van der Waals surface area (Å²) >= 11 is 0. The average Bonchev–Trinajstić information content (AvgIpc) is 2.72. The Morgan fingerprint density at radius 3 is 2.31 bits per heavy atom. The van der Waals surface area contributed by atoms with Crippen molar-refractivity contribution in [2.75, 3.05) is 30.9 Å². The minimum absolute atomic E-state index is 0.204. The number of benzene rings is 2. The van der Waals surface area contributed by atoms with E-state index in [9.17, 15) is 4.79 Å². The number of hydrogen-bond donors (Lipinski definition) is 2. The fourth-order valence-electron chi connectivity index (χ4n) is 2.72. The SMILES string of the molecule is CC(C)CNC(=O)c1cc(Nc2ccc(N(C)C)cc2)nc(-c2ccccc2)n1. The van der Waals surface area contributed by atoms with E-state index in [1.807, 2.05) is 73.6 Å². The van der Waals surface area contributed by atoms with Crippen LogP contribution in [-0.2, 0) is 0 Å². The van der Waals surface area contributed by atoms with Gasteiger partial charge in [-0.25, -0.2) is 9.97 Å². The molecule has 6 heteroatoms. The zero-order valence-corrected chi connectivity index (χ0v) is 17.3. The molecule has 2 aromatic carbocycles. The van der Waals surface area contributed by atoms with E-state index in [1.165, 1.54) is 0 Å². The standard InChI is InChI=1S/C23H27N5O/c1-16(2)15-24-23(29)20-14-21(25-18-10-12-19(13-11-18)28(3)4)27-22(26-20)17-8-6-5-7-9-17/h5-14,16H,15H2,1-4H3,(H,24,29)(H,25,26,27). The van der Waals surface area contributed by atoms with Gasteiger partial charge in [0, 0.05) is 43.6 Å². The smallest absolute Gasteiger partial charge is 0.270 e. The molecule has 0 saturated heterocycles. The average molecular weight is 390 g/mol. The monoisotopic (exact) mass is 389 g/mol. The lowest BCUT2D eigenvalue weighted by atomic mass is 10.2. The molecule has 0 bridgehead atoms. The topological polar surface area (TPSA) is 70.2 Å². The molecule has 0 aliphatic carbocycles. The van der Waals surface area contributed by atoms with Crippen molar-refractivity contribution in [2.45, 2.75) is 13.8 Å². The first-order valence-corrected chi connectivity index (χ1v) is 9.69. The summed E-state index contributed by atoms with van der Waals surface area (Å²) in [7, 11) is 4.00. The highest BCUT2D eigenvalue weighted by molar-refractivity contribution is 5.93. The maximum atomic E-state index is 12.6. The molecule has 6 nitrogen and oxygen atoms in total. The van der Waals surface area contributed by atoms with Gasteiger partial charge in [0.2, 0.25) is 0 Å². The minimum Gasteiger partial charge on any atom is -0.378 e. The molecule has 1 aromatic heterocycles. The largest absolute Gasteiger partial charge is 0.378 e. The van der Waals surface area contributed by atoms with Crippen LogP contribution in [0, 0.1) is 5.92 Å². The lowest BCUT2D eigenvalue weighted by Gasteiger charge is -2.14. The van der Waals surface area contributed by atoms with Gasteiger partial charge in [0.15, 0.2) is 5.82 Å². The van der Waals surface area contributed by atoms with Gasteiger partial charge in [-0.05, 0) is 30.2 Å². The summed E-state index contributed by atoms with van der Waals surface area (Å²) in [5.41, 5.74) is 3.20. The van der Waals surface area contributed by atoms with Gasteiger partial charge in [-0.15, -0.1) is 0 Å². The van der Waals surface area contributed by atoms with Gasteiger partial charge >= 0.3 is 0 Å². The normalized spacial score (nSPS) is 10.7. The number of nitrogens with zero attached hydrogens (tertiary/aromatic N) is 3. The van der Waals surface area contributed by atoms with Gasteiger partial charge in [0.25, 0.3) is 5.91 Å². The highest BCUT2D eigenvalue weighted by Gasteiger charge is 2.13. The van der Waals surface area contributed by atoms with Crippen molar-refractivity contribution in [1.82, 2.24) is 15.3 Å². The van der Waals surface area contributed by atoms with Crippen LogP contribution >= 0.6 is 0 Å². The Kier molecular flexibility index (Phi) is 6.44. The first-order valence-electron chi connectivity index (χ1n) is 9.69. The molecule has 0 unspecified atom stereocenters. The fraction of sp³-hybridized carbons (Fsp3) is 0.261. The summed E-state index contributed by atoms with van der Waals surface area (Å²) in [6.07, 6.45) is 0. The predicted octanol–water partition coefficient (Wildman–Crippen LogP) is 4.34. The highest BCUT2D eigenvalue weighted by atomic mass is 16.1. The summed E-state index contributed by atoms with van der Waals surface area (Å²) in [5, 5.41) is 6.22. The zero-order chi connectivity index (χ0) is 20.8. The van der Waals surface area contributed by atoms with Crippen molar-refractivity contribution in [1.29, 1.82) is 0 Å². The van der Waals surface area contributed by atoms with Crippen molar-refractivity contribution >= 4 is 23.1 Å². The van der Waals surface area contributed by atoms with Crippen LogP contribution in [0.25, 0.3) is 11.4 Å². The highest BCUT2D eigenvalue weighted by Crippen LogP contribution is 2.22. The van der Waals surface area contributed by atoms with Crippen molar-refractivity contribution < 1.29 is 4.79 Å². The number of anilines is 3. The first-order chi connectivity index (χ1) is 13.9. The van der Waals surface area contributed by atoms with Gasteiger partial charge in [0.05, 0.1) is 0 Å². The van der Waals surface area contributed by atoms with Crippen LogP contribution in [0.5, 0.6) is 0 Å². The van der Waals surface area contributed by atoms with Crippen molar-refractivity contribution in [3.05, 3.63) is 66.4 Å². The van der Waals surface area contributed by atoms with E-state index in [-0.39, 0.29) is 5.91 Å². The molecule has 0 fully saturated rings. The third kappa shape index (κ3) is 5.54. The number of hydrogen-bond acceptors (Lipinski definition) is 5. The van der Waals surface area contributed by atoms with Gasteiger partial charge in [0.1, 0.15) is 11.5 Å². The van der Waals surface area contributed by atoms with Crippen LogP contribution in [-0.4, -0.2) is 36.5 Å². The fourth-order valence-corrected chi connectivity index (χ4v) is 2.72. The van der Waals surface area contributed by atoms with E-state index >= 15 is 0 Å².